The zero-order chi connectivity index (χ0) is 26.9. The lowest BCUT2D eigenvalue weighted by atomic mass is 9.63. The molecule has 38 heavy (non-hydrogen) atoms. The maximum Gasteiger partial charge on any atom is 0.338 e. The Kier molecular flexibility index (Phi) is 6.43. The van der Waals surface area contributed by atoms with Crippen LogP contribution in [0, 0.1) is 0 Å². The maximum atomic E-state index is 12.1. The Bertz CT molecular complexity index is 1440. The molecule has 0 aromatic heterocycles. The lowest BCUT2D eigenvalue weighted by Gasteiger charge is -2.41. The molecule has 0 spiro atoms. The van der Waals surface area contributed by atoms with Gasteiger partial charge in [-0.2, -0.15) is 0 Å². The minimum Gasteiger partial charge on any atom is -0.457 e. The standard InChI is InChI=1S/C33H26O5/c1-21(2)31(34)36-25-17-13-23(14-18-25)33(24-15-19-26(20-16-24)37-32(35)22(3)4)27-9-5-7-11-29(27)38-30-12-8-6-10-28(30)33/h5-20H,1,3H2,2,4H3. The van der Waals surface area contributed by atoms with Gasteiger partial charge >= 0.3 is 11.9 Å². The van der Waals surface area contributed by atoms with Crippen LogP contribution in [-0.4, -0.2) is 11.9 Å². The van der Waals surface area contributed by atoms with E-state index in [1.54, 1.807) is 38.1 Å². The summed E-state index contributed by atoms with van der Waals surface area (Å²) in [7, 11) is 0. The third-order valence-electron chi connectivity index (χ3n) is 6.49. The molecule has 0 amide bonds. The maximum absolute atomic E-state index is 12.1. The Morgan fingerprint density at radius 3 is 1.34 bits per heavy atom. The van der Waals surface area contributed by atoms with E-state index in [-0.39, 0.29) is 0 Å². The van der Waals surface area contributed by atoms with Gasteiger partial charge in [0.15, 0.2) is 0 Å². The van der Waals surface area contributed by atoms with Crippen molar-refractivity contribution in [2.75, 3.05) is 0 Å². The second-order valence-corrected chi connectivity index (χ2v) is 9.23. The van der Waals surface area contributed by atoms with Crippen LogP contribution >= 0.6 is 0 Å². The molecule has 188 valence electrons. The second kappa shape index (κ2) is 9.87. The average molecular weight is 503 g/mol. The van der Waals surface area contributed by atoms with Crippen molar-refractivity contribution in [2.45, 2.75) is 19.3 Å². The van der Waals surface area contributed by atoms with Crippen molar-refractivity contribution >= 4 is 11.9 Å². The van der Waals surface area contributed by atoms with E-state index in [4.69, 9.17) is 14.2 Å². The SMILES string of the molecule is C=C(C)C(=O)Oc1ccc(C2(c3ccc(OC(=O)C(=C)C)cc3)c3ccccc3Oc3ccccc32)cc1. The fourth-order valence-electron chi connectivity index (χ4n) is 4.72. The van der Waals surface area contributed by atoms with E-state index >= 15 is 0 Å². The number of carbonyl (C=O) groups excluding carboxylic acids is 2. The van der Waals surface area contributed by atoms with E-state index in [9.17, 15) is 9.59 Å². The van der Waals surface area contributed by atoms with E-state index in [1.807, 2.05) is 60.7 Å². The third kappa shape index (κ3) is 4.28. The van der Waals surface area contributed by atoms with Crippen LogP contribution < -0.4 is 14.2 Å². The topological polar surface area (TPSA) is 61.8 Å². The van der Waals surface area contributed by atoms with Gasteiger partial charge in [-0.05, 0) is 61.4 Å². The Labute approximate surface area is 221 Å². The Balaban J connectivity index is 1.71. The van der Waals surface area contributed by atoms with Crippen LogP contribution in [0.5, 0.6) is 23.0 Å². The largest absolute Gasteiger partial charge is 0.457 e. The number of esters is 2. The number of ether oxygens (including phenoxy) is 3. The summed E-state index contributed by atoms with van der Waals surface area (Å²) < 4.78 is 17.2. The molecule has 5 heteroatoms. The van der Waals surface area contributed by atoms with Crippen LogP contribution in [0.3, 0.4) is 0 Å². The van der Waals surface area contributed by atoms with Gasteiger partial charge in [-0.1, -0.05) is 73.8 Å². The van der Waals surface area contributed by atoms with Crippen molar-refractivity contribution in [1.29, 1.82) is 0 Å². The third-order valence-corrected chi connectivity index (χ3v) is 6.49. The second-order valence-electron chi connectivity index (χ2n) is 9.23. The molecule has 0 bridgehead atoms. The van der Waals surface area contributed by atoms with Crippen LogP contribution in [0.2, 0.25) is 0 Å². The monoisotopic (exact) mass is 502 g/mol. The van der Waals surface area contributed by atoms with Crippen LogP contribution in [0.25, 0.3) is 0 Å². The highest BCUT2D eigenvalue weighted by Crippen LogP contribution is 2.55. The predicted octanol–water partition coefficient (Wildman–Crippen LogP) is 7.14. The molecule has 0 radical (unpaired) electrons. The number of benzene rings is 4. The van der Waals surface area contributed by atoms with Crippen molar-refractivity contribution < 1.29 is 23.8 Å². The van der Waals surface area contributed by atoms with E-state index in [2.05, 4.69) is 25.3 Å². The first-order valence-electron chi connectivity index (χ1n) is 12.1. The molecular weight excluding hydrogens is 476 g/mol. The number of rotatable bonds is 6. The Morgan fingerprint density at radius 1 is 0.605 bits per heavy atom. The normalized spacial score (nSPS) is 12.8. The highest BCUT2D eigenvalue weighted by atomic mass is 16.5. The Morgan fingerprint density at radius 2 is 0.974 bits per heavy atom. The van der Waals surface area contributed by atoms with Gasteiger partial charge in [0.2, 0.25) is 0 Å². The van der Waals surface area contributed by atoms with E-state index in [0.29, 0.717) is 22.6 Å². The van der Waals surface area contributed by atoms with Crippen LogP contribution in [0.1, 0.15) is 36.1 Å². The molecule has 0 unspecified atom stereocenters. The van der Waals surface area contributed by atoms with Gasteiger partial charge in [-0.15, -0.1) is 0 Å². The van der Waals surface area contributed by atoms with Gasteiger partial charge in [0.1, 0.15) is 23.0 Å². The number of carbonyl (C=O) groups is 2. The van der Waals surface area contributed by atoms with Crippen molar-refractivity contribution in [3.05, 3.63) is 144 Å². The summed E-state index contributed by atoms with van der Waals surface area (Å²) >= 11 is 0. The van der Waals surface area contributed by atoms with Crippen LogP contribution in [-0.2, 0) is 15.0 Å². The summed E-state index contributed by atoms with van der Waals surface area (Å²) in [6.45, 7) is 10.5. The van der Waals surface area contributed by atoms with Crippen molar-refractivity contribution in [3.63, 3.8) is 0 Å². The van der Waals surface area contributed by atoms with Gasteiger partial charge < -0.3 is 14.2 Å². The predicted molar refractivity (Wildman–Crippen MR) is 146 cm³/mol. The smallest absolute Gasteiger partial charge is 0.338 e. The highest BCUT2D eigenvalue weighted by molar-refractivity contribution is 5.89. The summed E-state index contributed by atoms with van der Waals surface area (Å²) in [5.41, 5.74) is 3.69. The zero-order valence-electron chi connectivity index (χ0n) is 21.2. The van der Waals surface area contributed by atoms with Gasteiger partial charge in [-0.25, -0.2) is 9.59 Å². The molecule has 0 saturated heterocycles. The molecule has 4 aromatic carbocycles. The molecule has 1 aliphatic rings. The number of hydrogen-bond donors (Lipinski definition) is 0. The number of hydrogen-bond acceptors (Lipinski definition) is 5. The molecule has 0 aliphatic carbocycles. The molecular formula is C33H26O5. The molecule has 0 N–H and O–H groups in total. The van der Waals surface area contributed by atoms with Crippen molar-refractivity contribution in [3.8, 4) is 23.0 Å². The molecule has 0 saturated carbocycles. The van der Waals surface area contributed by atoms with Crippen molar-refractivity contribution in [1.82, 2.24) is 0 Å². The molecule has 4 aromatic rings. The quantitative estimate of drug-likeness (QED) is 0.140. The average Bonchev–Trinajstić information content (AvgIpc) is 2.92. The minimum absolute atomic E-state index is 0.324. The molecule has 5 rings (SSSR count). The number of fused-ring (bicyclic) bond motifs is 2. The van der Waals surface area contributed by atoms with E-state index < -0.39 is 17.4 Å². The zero-order valence-corrected chi connectivity index (χ0v) is 21.2. The summed E-state index contributed by atoms with van der Waals surface area (Å²) in [6, 6.07) is 30.8. The summed E-state index contributed by atoms with van der Waals surface area (Å²) in [4.78, 5) is 24.2. The van der Waals surface area contributed by atoms with Crippen LogP contribution in [0.15, 0.2) is 121 Å². The van der Waals surface area contributed by atoms with Gasteiger partial charge in [0, 0.05) is 22.3 Å². The van der Waals surface area contributed by atoms with Crippen molar-refractivity contribution in [2.24, 2.45) is 0 Å². The molecule has 0 atom stereocenters. The molecule has 0 fully saturated rings. The lowest BCUT2D eigenvalue weighted by molar-refractivity contribution is -0.130. The molecule has 5 nitrogen and oxygen atoms in total. The highest BCUT2D eigenvalue weighted by Gasteiger charge is 2.45. The first-order chi connectivity index (χ1) is 18.3. The number of para-hydroxylation sites is 2. The van der Waals surface area contributed by atoms with E-state index in [1.165, 1.54) is 0 Å². The fourth-order valence-corrected chi connectivity index (χ4v) is 4.72. The van der Waals surface area contributed by atoms with Gasteiger partial charge in [0.25, 0.3) is 0 Å². The summed E-state index contributed by atoms with van der Waals surface area (Å²) in [5.74, 6) is 1.37. The Hall–Kier alpha value is -4.90. The van der Waals surface area contributed by atoms with Crippen LogP contribution in [0.4, 0.5) is 0 Å². The minimum atomic E-state index is -0.765. The first-order valence-corrected chi connectivity index (χ1v) is 12.1. The lowest BCUT2D eigenvalue weighted by Crippen LogP contribution is -2.34. The molecule has 1 aliphatic heterocycles. The fraction of sp³-hybridized carbons (Fsp3) is 0.0909. The first kappa shape index (κ1) is 24.8. The molecule has 1 heterocycles. The van der Waals surface area contributed by atoms with E-state index in [0.717, 1.165) is 33.8 Å². The summed E-state index contributed by atoms with van der Waals surface area (Å²) in [5, 5.41) is 0. The van der Waals surface area contributed by atoms with Gasteiger partial charge in [0.05, 0.1) is 5.41 Å². The summed E-state index contributed by atoms with van der Waals surface area (Å²) in [6.07, 6.45) is 0. The van der Waals surface area contributed by atoms with Gasteiger partial charge in [-0.3, -0.25) is 0 Å².